The van der Waals surface area contributed by atoms with Gasteiger partial charge in [0.25, 0.3) is 0 Å². The Morgan fingerprint density at radius 2 is 1.13 bits per heavy atom. The molecule has 0 aromatic heterocycles. The monoisotopic (exact) mass is 406 g/mol. The minimum Gasteiger partial charge on any atom is -0.273 e. The highest BCUT2D eigenvalue weighted by Crippen LogP contribution is 2.06. The van der Waals surface area contributed by atoms with E-state index >= 15 is 0 Å². The molecule has 0 atom stereocenters. The van der Waals surface area contributed by atoms with Crippen LogP contribution in [-0.2, 0) is 9.59 Å². The lowest BCUT2D eigenvalue weighted by atomic mass is 10.1. The van der Waals surface area contributed by atoms with Crippen LogP contribution in [0.2, 0.25) is 0 Å². The average Bonchev–Trinajstić information content (AvgIpc) is 2.73. The van der Waals surface area contributed by atoms with Gasteiger partial charge in [-0.15, -0.1) is 0 Å². The van der Waals surface area contributed by atoms with Crippen LogP contribution in [0.5, 0.6) is 0 Å². The largest absolute Gasteiger partial charge is 0.273 e. The minimum absolute atomic E-state index is 0.157. The fraction of sp³-hybridized carbons (Fsp3) is 0.333. The zero-order valence-corrected chi connectivity index (χ0v) is 18.2. The molecule has 2 amide bonds. The van der Waals surface area contributed by atoms with Gasteiger partial charge in [-0.25, -0.2) is 10.9 Å². The van der Waals surface area contributed by atoms with E-state index in [0.29, 0.717) is 25.7 Å². The molecule has 2 rings (SSSR count). The molecule has 30 heavy (non-hydrogen) atoms. The van der Waals surface area contributed by atoms with E-state index in [9.17, 15) is 9.59 Å². The lowest BCUT2D eigenvalue weighted by Gasteiger charge is -2.05. The second-order valence-electron chi connectivity index (χ2n) is 7.41. The third kappa shape index (κ3) is 7.99. The van der Waals surface area contributed by atoms with Gasteiger partial charge in [-0.3, -0.25) is 9.59 Å². The van der Waals surface area contributed by atoms with E-state index in [-0.39, 0.29) is 11.8 Å². The minimum atomic E-state index is -0.157. The summed E-state index contributed by atoms with van der Waals surface area (Å²) >= 11 is 0. The molecule has 0 saturated heterocycles. The Morgan fingerprint density at radius 1 is 0.733 bits per heavy atom. The zero-order valence-electron chi connectivity index (χ0n) is 18.2. The van der Waals surface area contributed by atoms with Crippen LogP contribution in [0.15, 0.2) is 58.7 Å². The highest BCUT2D eigenvalue weighted by atomic mass is 16.2. The molecule has 0 fully saturated rings. The number of aryl methyl sites for hydroxylation is 2. The normalized spacial score (nSPS) is 11.9. The fourth-order valence-electron chi connectivity index (χ4n) is 2.84. The molecule has 0 saturated carbocycles. The second-order valence-corrected chi connectivity index (χ2v) is 7.41. The van der Waals surface area contributed by atoms with Gasteiger partial charge in [0.05, 0.1) is 11.4 Å². The van der Waals surface area contributed by atoms with Gasteiger partial charge in [-0.1, -0.05) is 59.7 Å². The van der Waals surface area contributed by atoms with Gasteiger partial charge in [0.2, 0.25) is 11.8 Å². The summed E-state index contributed by atoms with van der Waals surface area (Å²) in [7, 11) is 0. The lowest BCUT2D eigenvalue weighted by molar-refractivity contribution is -0.123. The second kappa shape index (κ2) is 11.7. The van der Waals surface area contributed by atoms with Gasteiger partial charge in [-0.2, -0.15) is 10.2 Å². The molecular formula is C24H30N4O2. The Balaban J connectivity index is 1.67. The first kappa shape index (κ1) is 23.0. The van der Waals surface area contributed by atoms with Gasteiger partial charge in [0.1, 0.15) is 0 Å². The molecule has 2 aromatic rings. The van der Waals surface area contributed by atoms with Crippen LogP contribution >= 0.6 is 0 Å². The molecule has 0 spiro atoms. The van der Waals surface area contributed by atoms with Crippen molar-refractivity contribution in [3.05, 3.63) is 70.8 Å². The number of hydrogen-bond acceptors (Lipinski definition) is 4. The van der Waals surface area contributed by atoms with E-state index in [4.69, 9.17) is 0 Å². The molecule has 0 unspecified atom stereocenters. The van der Waals surface area contributed by atoms with Crippen molar-refractivity contribution >= 4 is 23.2 Å². The van der Waals surface area contributed by atoms with Crippen molar-refractivity contribution in [1.82, 2.24) is 10.9 Å². The summed E-state index contributed by atoms with van der Waals surface area (Å²) in [5, 5.41) is 8.31. The number of carbonyl (C=O) groups is 2. The molecule has 0 radical (unpaired) electrons. The Labute approximate surface area is 178 Å². The molecule has 0 heterocycles. The molecular weight excluding hydrogens is 376 g/mol. The van der Waals surface area contributed by atoms with E-state index in [1.54, 1.807) is 0 Å². The standard InChI is InChI=1S/C24H30N4O2/c1-17-9-7-11-21(15-17)19(3)25-27-23(29)13-5-6-14-24(30)28-26-20(4)22-12-8-10-18(2)16-22/h7-12,15-16H,5-6,13-14H2,1-4H3,(H,27,29)(H,28,30). The zero-order chi connectivity index (χ0) is 21.9. The molecule has 2 aromatic carbocycles. The smallest absolute Gasteiger partial charge is 0.240 e. The van der Waals surface area contributed by atoms with E-state index < -0.39 is 0 Å². The van der Waals surface area contributed by atoms with Gasteiger partial charge < -0.3 is 0 Å². The van der Waals surface area contributed by atoms with E-state index in [1.165, 1.54) is 0 Å². The highest BCUT2D eigenvalue weighted by Gasteiger charge is 2.05. The molecule has 158 valence electrons. The van der Waals surface area contributed by atoms with E-state index in [2.05, 4.69) is 21.1 Å². The number of nitrogens with one attached hydrogen (secondary N) is 2. The van der Waals surface area contributed by atoms with Gasteiger partial charge in [0, 0.05) is 12.8 Å². The number of rotatable bonds is 9. The summed E-state index contributed by atoms with van der Waals surface area (Å²) in [6, 6.07) is 15.9. The van der Waals surface area contributed by atoms with Crippen LogP contribution < -0.4 is 10.9 Å². The Bertz CT molecular complexity index is 870. The molecule has 2 N–H and O–H groups in total. The number of hydrazone groups is 2. The maximum atomic E-state index is 11.9. The van der Waals surface area contributed by atoms with Crippen molar-refractivity contribution in [2.45, 2.75) is 53.4 Å². The molecule has 0 aliphatic carbocycles. The summed E-state index contributed by atoms with van der Waals surface area (Å²) in [5.74, 6) is -0.313. The number of carbonyl (C=O) groups excluding carboxylic acids is 2. The number of benzene rings is 2. The SMILES string of the molecule is CC(=NNC(=O)CCCCC(=O)NN=C(C)c1cccc(C)c1)c1cccc(C)c1. The topological polar surface area (TPSA) is 82.9 Å². The average molecular weight is 407 g/mol. The Hall–Kier alpha value is -3.28. The molecule has 6 heteroatoms. The maximum Gasteiger partial charge on any atom is 0.240 e. The van der Waals surface area contributed by atoms with Crippen molar-refractivity contribution < 1.29 is 9.59 Å². The van der Waals surface area contributed by atoms with Crippen LogP contribution in [0.1, 0.15) is 61.8 Å². The third-order valence-electron chi connectivity index (χ3n) is 4.63. The maximum absolute atomic E-state index is 11.9. The first-order chi connectivity index (χ1) is 14.3. The van der Waals surface area contributed by atoms with Crippen molar-refractivity contribution in [2.24, 2.45) is 10.2 Å². The van der Waals surface area contributed by atoms with Gasteiger partial charge in [0.15, 0.2) is 0 Å². The predicted molar refractivity (Wildman–Crippen MR) is 122 cm³/mol. The van der Waals surface area contributed by atoms with E-state index in [1.807, 2.05) is 76.2 Å². The van der Waals surface area contributed by atoms with Crippen molar-refractivity contribution in [2.75, 3.05) is 0 Å². The summed E-state index contributed by atoms with van der Waals surface area (Å²) in [6.45, 7) is 7.75. The van der Waals surface area contributed by atoms with Gasteiger partial charge in [-0.05, 0) is 51.7 Å². The molecule has 0 bridgehead atoms. The fourth-order valence-corrected chi connectivity index (χ4v) is 2.84. The lowest BCUT2D eigenvalue weighted by Crippen LogP contribution is -2.20. The Morgan fingerprint density at radius 3 is 1.50 bits per heavy atom. The van der Waals surface area contributed by atoms with Crippen LogP contribution in [0.3, 0.4) is 0 Å². The Kier molecular flexibility index (Phi) is 8.94. The molecule has 0 aliphatic rings. The summed E-state index contributed by atoms with van der Waals surface area (Å²) in [5.41, 5.74) is 10.9. The quantitative estimate of drug-likeness (QED) is 0.371. The molecule has 0 aliphatic heterocycles. The number of unbranched alkanes of at least 4 members (excludes halogenated alkanes) is 1. The first-order valence-corrected chi connectivity index (χ1v) is 10.2. The summed E-state index contributed by atoms with van der Waals surface area (Å²) < 4.78 is 0. The van der Waals surface area contributed by atoms with Crippen LogP contribution in [-0.4, -0.2) is 23.2 Å². The van der Waals surface area contributed by atoms with Crippen molar-refractivity contribution in [1.29, 1.82) is 0 Å². The number of amides is 2. The molecule has 6 nitrogen and oxygen atoms in total. The van der Waals surface area contributed by atoms with Gasteiger partial charge >= 0.3 is 0 Å². The van der Waals surface area contributed by atoms with Crippen LogP contribution in [0.25, 0.3) is 0 Å². The number of nitrogens with zero attached hydrogens (tertiary/aromatic N) is 2. The predicted octanol–water partition coefficient (Wildman–Crippen LogP) is 4.24. The van der Waals surface area contributed by atoms with Crippen molar-refractivity contribution in [3.63, 3.8) is 0 Å². The summed E-state index contributed by atoms with van der Waals surface area (Å²) in [4.78, 5) is 23.9. The first-order valence-electron chi connectivity index (χ1n) is 10.2. The third-order valence-corrected chi connectivity index (χ3v) is 4.63. The number of hydrogen-bond donors (Lipinski definition) is 2. The summed E-state index contributed by atoms with van der Waals surface area (Å²) in [6.07, 6.45) is 1.87. The van der Waals surface area contributed by atoms with E-state index in [0.717, 1.165) is 33.7 Å². The van der Waals surface area contributed by atoms with Crippen LogP contribution in [0.4, 0.5) is 0 Å². The highest BCUT2D eigenvalue weighted by molar-refractivity contribution is 6.00. The van der Waals surface area contributed by atoms with Crippen LogP contribution in [0, 0.1) is 13.8 Å². The van der Waals surface area contributed by atoms with Crippen molar-refractivity contribution in [3.8, 4) is 0 Å².